The van der Waals surface area contributed by atoms with E-state index in [1.54, 1.807) is 0 Å². The van der Waals surface area contributed by atoms with Gasteiger partial charge in [0.05, 0.1) is 0 Å². The second-order valence-electron chi connectivity index (χ2n) is 8.14. The average molecular weight is 433 g/mol. The SMILES string of the molecule is CCCCCCCCCO[Si](OCCCCC)(OCCCCC)OCCCCC. The van der Waals surface area contributed by atoms with Crippen molar-refractivity contribution in [3.63, 3.8) is 0 Å². The highest BCUT2D eigenvalue weighted by molar-refractivity contribution is 6.53. The quantitative estimate of drug-likeness (QED) is 0.115. The summed E-state index contributed by atoms with van der Waals surface area (Å²) < 4.78 is 24.9. The highest BCUT2D eigenvalue weighted by Gasteiger charge is 2.45. The standard InChI is InChI=1S/C24H52O4Si/c1-5-9-13-14-15-16-20-24-28-29(25-21-17-10-6-2,26-22-18-11-7-3)27-23-19-12-8-4/h5-24H2,1-4H3. The molecule has 29 heavy (non-hydrogen) atoms. The first-order valence-electron chi connectivity index (χ1n) is 12.8. The molecule has 0 aromatic carbocycles. The van der Waals surface area contributed by atoms with Gasteiger partial charge in [-0.2, -0.15) is 0 Å². The fraction of sp³-hybridized carbons (Fsp3) is 1.00. The average Bonchev–Trinajstić information content (AvgIpc) is 2.73. The van der Waals surface area contributed by atoms with Crippen molar-refractivity contribution < 1.29 is 17.7 Å². The molecule has 5 heteroatoms. The summed E-state index contributed by atoms with van der Waals surface area (Å²) in [5.74, 6) is 0. The van der Waals surface area contributed by atoms with Crippen LogP contribution in [0.5, 0.6) is 0 Å². The van der Waals surface area contributed by atoms with Crippen LogP contribution in [0.15, 0.2) is 0 Å². The molecule has 0 N–H and O–H groups in total. The molecule has 0 amide bonds. The van der Waals surface area contributed by atoms with Gasteiger partial charge in [-0.1, -0.05) is 105 Å². The molecule has 4 nitrogen and oxygen atoms in total. The lowest BCUT2D eigenvalue weighted by atomic mass is 10.1. The van der Waals surface area contributed by atoms with Gasteiger partial charge in [0.2, 0.25) is 0 Å². The number of hydrogen-bond donors (Lipinski definition) is 0. The van der Waals surface area contributed by atoms with E-state index in [1.807, 2.05) is 0 Å². The molecule has 0 unspecified atom stereocenters. The molecule has 0 aromatic heterocycles. The van der Waals surface area contributed by atoms with Crippen LogP contribution in [0.25, 0.3) is 0 Å². The van der Waals surface area contributed by atoms with Crippen molar-refractivity contribution in [1.82, 2.24) is 0 Å². The molecule has 0 aliphatic carbocycles. The molecular formula is C24H52O4Si. The van der Waals surface area contributed by atoms with Crippen molar-refractivity contribution in [3.8, 4) is 0 Å². The van der Waals surface area contributed by atoms with Crippen LogP contribution in [0.3, 0.4) is 0 Å². The second kappa shape index (κ2) is 22.7. The van der Waals surface area contributed by atoms with Crippen LogP contribution in [-0.4, -0.2) is 35.5 Å². The zero-order valence-corrected chi connectivity index (χ0v) is 21.3. The Kier molecular flexibility index (Phi) is 22.8. The molecule has 176 valence electrons. The van der Waals surface area contributed by atoms with Crippen LogP contribution in [0.4, 0.5) is 0 Å². The summed E-state index contributed by atoms with van der Waals surface area (Å²) in [5.41, 5.74) is 0. The monoisotopic (exact) mass is 432 g/mol. The van der Waals surface area contributed by atoms with E-state index in [4.69, 9.17) is 17.7 Å². The van der Waals surface area contributed by atoms with Gasteiger partial charge in [0.25, 0.3) is 0 Å². The van der Waals surface area contributed by atoms with Crippen molar-refractivity contribution in [2.45, 2.75) is 130 Å². The van der Waals surface area contributed by atoms with Gasteiger partial charge in [-0.15, -0.1) is 0 Å². The summed E-state index contributed by atoms with van der Waals surface area (Å²) in [4.78, 5) is 0. The Morgan fingerprint density at radius 2 is 0.586 bits per heavy atom. The fourth-order valence-corrected chi connectivity index (χ4v) is 5.23. The van der Waals surface area contributed by atoms with Crippen molar-refractivity contribution in [1.29, 1.82) is 0 Å². The molecule has 0 atom stereocenters. The van der Waals surface area contributed by atoms with Gasteiger partial charge in [-0.25, -0.2) is 0 Å². The molecule has 0 fully saturated rings. The Hall–Kier alpha value is 0.0569. The molecule has 0 rings (SSSR count). The molecule has 0 radical (unpaired) electrons. The van der Waals surface area contributed by atoms with Crippen LogP contribution in [0, 0.1) is 0 Å². The van der Waals surface area contributed by atoms with E-state index in [-0.39, 0.29) is 0 Å². The lowest BCUT2D eigenvalue weighted by Crippen LogP contribution is -2.50. The molecular weight excluding hydrogens is 380 g/mol. The Morgan fingerprint density at radius 3 is 0.931 bits per heavy atom. The molecule has 0 bridgehead atoms. The largest absolute Gasteiger partial charge is 0.679 e. The molecule has 0 saturated heterocycles. The normalized spacial score (nSPS) is 12.0. The smallest absolute Gasteiger partial charge is 0.351 e. The zero-order chi connectivity index (χ0) is 21.5. The number of unbranched alkanes of at least 4 members (excludes halogenated alkanes) is 12. The van der Waals surface area contributed by atoms with Gasteiger partial charge in [0, 0.05) is 26.4 Å². The molecule has 0 aliphatic rings. The summed E-state index contributed by atoms with van der Waals surface area (Å²) in [6, 6.07) is 0. The summed E-state index contributed by atoms with van der Waals surface area (Å²) in [7, 11) is -3.03. The second-order valence-corrected chi connectivity index (χ2v) is 10.3. The summed E-state index contributed by atoms with van der Waals surface area (Å²) in [5, 5.41) is 0. The lowest BCUT2D eigenvalue weighted by molar-refractivity contribution is -0.0374. The van der Waals surface area contributed by atoms with Crippen LogP contribution < -0.4 is 0 Å². The van der Waals surface area contributed by atoms with E-state index in [9.17, 15) is 0 Å². The highest BCUT2D eigenvalue weighted by atomic mass is 28.4. The zero-order valence-electron chi connectivity index (χ0n) is 20.3. The van der Waals surface area contributed by atoms with E-state index in [1.165, 1.54) is 77.0 Å². The van der Waals surface area contributed by atoms with Crippen LogP contribution >= 0.6 is 0 Å². The fourth-order valence-electron chi connectivity index (χ4n) is 3.15. The first-order valence-corrected chi connectivity index (χ1v) is 14.4. The first kappa shape index (κ1) is 29.1. The third-order valence-corrected chi connectivity index (χ3v) is 7.34. The van der Waals surface area contributed by atoms with E-state index in [0.29, 0.717) is 26.4 Å². The van der Waals surface area contributed by atoms with Gasteiger partial charge in [0.1, 0.15) is 0 Å². The van der Waals surface area contributed by atoms with Gasteiger partial charge in [-0.3, -0.25) is 0 Å². The van der Waals surface area contributed by atoms with Crippen molar-refractivity contribution >= 4 is 9.05 Å². The summed E-state index contributed by atoms with van der Waals surface area (Å²) in [6.45, 7) is 11.6. The Labute approximate surface area is 183 Å². The predicted octanol–water partition coefficient (Wildman–Crippen LogP) is 7.81. The summed E-state index contributed by atoms with van der Waals surface area (Å²) >= 11 is 0. The van der Waals surface area contributed by atoms with Crippen LogP contribution in [0.2, 0.25) is 0 Å². The minimum Gasteiger partial charge on any atom is -0.351 e. The predicted molar refractivity (Wildman–Crippen MR) is 126 cm³/mol. The molecule has 0 heterocycles. The minimum atomic E-state index is -3.03. The lowest BCUT2D eigenvalue weighted by Gasteiger charge is -2.28. The van der Waals surface area contributed by atoms with Crippen molar-refractivity contribution in [2.75, 3.05) is 26.4 Å². The molecule has 0 aromatic rings. The van der Waals surface area contributed by atoms with Crippen molar-refractivity contribution in [2.24, 2.45) is 0 Å². The highest BCUT2D eigenvalue weighted by Crippen LogP contribution is 2.17. The minimum absolute atomic E-state index is 0.679. The van der Waals surface area contributed by atoms with E-state index in [2.05, 4.69) is 27.7 Å². The third kappa shape index (κ3) is 18.5. The number of hydrogen-bond acceptors (Lipinski definition) is 4. The van der Waals surface area contributed by atoms with Gasteiger partial charge >= 0.3 is 9.05 Å². The van der Waals surface area contributed by atoms with Crippen LogP contribution in [0.1, 0.15) is 130 Å². The molecule has 0 aliphatic heterocycles. The first-order chi connectivity index (χ1) is 14.2. The Morgan fingerprint density at radius 1 is 0.345 bits per heavy atom. The number of rotatable bonds is 24. The van der Waals surface area contributed by atoms with E-state index >= 15 is 0 Å². The van der Waals surface area contributed by atoms with Gasteiger partial charge in [0.15, 0.2) is 0 Å². The topological polar surface area (TPSA) is 36.9 Å². The maximum Gasteiger partial charge on any atom is 0.679 e. The maximum atomic E-state index is 6.27. The maximum absolute atomic E-state index is 6.27. The van der Waals surface area contributed by atoms with Crippen LogP contribution in [-0.2, 0) is 17.7 Å². The Bertz CT molecular complexity index is 284. The van der Waals surface area contributed by atoms with Crippen molar-refractivity contribution in [3.05, 3.63) is 0 Å². The summed E-state index contributed by atoms with van der Waals surface area (Å²) in [6.07, 6.45) is 19.1. The molecule has 0 spiro atoms. The third-order valence-electron chi connectivity index (χ3n) is 5.11. The van der Waals surface area contributed by atoms with Gasteiger partial charge < -0.3 is 17.7 Å². The molecule has 0 saturated carbocycles. The van der Waals surface area contributed by atoms with Gasteiger partial charge in [-0.05, 0) is 25.7 Å². The van der Waals surface area contributed by atoms with E-state index in [0.717, 1.165) is 25.7 Å². The van der Waals surface area contributed by atoms with E-state index < -0.39 is 9.05 Å². The Balaban J connectivity index is 4.54.